The number of aliphatic hydroxyl groups excluding tert-OH is 1. The lowest BCUT2D eigenvalue weighted by molar-refractivity contribution is 0.116. The summed E-state index contributed by atoms with van der Waals surface area (Å²) in [6, 6.07) is 20.7. The van der Waals surface area contributed by atoms with Crippen LogP contribution in [0.2, 0.25) is 0 Å². The first-order chi connectivity index (χ1) is 16.9. The molecule has 0 heterocycles. The summed E-state index contributed by atoms with van der Waals surface area (Å²) < 4.78 is 11.3. The lowest BCUT2D eigenvalue weighted by Gasteiger charge is -2.04. The van der Waals surface area contributed by atoms with Gasteiger partial charge in [0.25, 0.3) is 0 Å². The molecule has 2 aromatic rings. The first kappa shape index (κ1) is 30.4. The van der Waals surface area contributed by atoms with E-state index >= 15 is 0 Å². The van der Waals surface area contributed by atoms with Gasteiger partial charge in [-0.2, -0.15) is 0 Å². The predicted octanol–water partition coefficient (Wildman–Crippen LogP) is 8.49. The Morgan fingerprint density at radius 2 is 0.882 bits per heavy atom. The van der Waals surface area contributed by atoms with E-state index in [1.165, 1.54) is 81.8 Å². The number of aliphatic hydroxyl groups is 1. The van der Waals surface area contributed by atoms with Crippen molar-refractivity contribution in [2.75, 3.05) is 19.8 Å². The van der Waals surface area contributed by atoms with Gasteiger partial charge in [-0.25, -0.2) is 0 Å². The van der Waals surface area contributed by atoms with Gasteiger partial charge in [0.1, 0.15) is 0 Å². The molecule has 34 heavy (non-hydrogen) atoms. The zero-order valence-corrected chi connectivity index (χ0v) is 21.8. The molecule has 1 N–H and O–H groups in total. The molecular weight excluding hydrogens is 420 g/mol. The van der Waals surface area contributed by atoms with Gasteiger partial charge >= 0.3 is 0 Å². The van der Waals surface area contributed by atoms with Gasteiger partial charge in [-0.3, -0.25) is 0 Å². The maximum atomic E-state index is 8.64. The Bertz CT molecular complexity index is 630. The van der Waals surface area contributed by atoms with Crippen molar-refractivity contribution in [2.45, 2.75) is 104 Å². The van der Waals surface area contributed by atoms with Crippen LogP contribution in [0.5, 0.6) is 0 Å². The zero-order valence-electron chi connectivity index (χ0n) is 21.8. The molecule has 0 radical (unpaired) electrons. The molecule has 0 aliphatic carbocycles. The van der Waals surface area contributed by atoms with E-state index in [9.17, 15) is 0 Å². The summed E-state index contributed by atoms with van der Waals surface area (Å²) >= 11 is 0. The molecular formula is C31H50O3. The van der Waals surface area contributed by atoms with Crippen LogP contribution in [0.25, 0.3) is 0 Å². The molecule has 0 aromatic heterocycles. The van der Waals surface area contributed by atoms with Crippen molar-refractivity contribution in [1.29, 1.82) is 0 Å². The molecule has 2 rings (SSSR count). The number of hydrogen-bond acceptors (Lipinski definition) is 3. The number of ether oxygens (including phenoxy) is 2. The highest BCUT2D eigenvalue weighted by Crippen LogP contribution is 2.08. The van der Waals surface area contributed by atoms with Crippen LogP contribution in [0.3, 0.4) is 0 Å². The van der Waals surface area contributed by atoms with Gasteiger partial charge in [0.15, 0.2) is 0 Å². The second-order valence-electron chi connectivity index (χ2n) is 9.04. The smallest absolute Gasteiger partial charge is 0.0716 e. The normalized spacial score (nSPS) is 10.6. The molecule has 0 saturated heterocycles. The van der Waals surface area contributed by atoms with Crippen LogP contribution in [-0.2, 0) is 22.7 Å². The molecule has 3 nitrogen and oxygen atoms in total. The second kappa shape index (κ2) is 24.4. The molecule has 0 atom stereocenters. The minimum Gasteiger partial charge on any atom is -0.396 e. The SMILES string of the molecule is CCCCCCCCOCc1ccccc1.OCCCCCCCCCOCc1ccccc1. The molecule has 0 bridgehead atoms. The number of benzene rings is 2. The minimum atomic E-state index is 0.341. The third kappa shape index (κ3) is 19.8. The van der Waals surface area contributed by atoms with Gasteiger partial charge < -0.3 is 14.6 Å². The lowest BCUT2D eigenvalue weighted by Crippen LogP contribution is -1.95. The highest BCUT2D eigenvalue weighted by atomic mass is 16.5. The molecule has 3 heteroatoms. The van der Waals surface area contributed by atoms with Crippen molar-refractivity contribution in [1.82, 2.24) is 0 Å². The Labute approximate surface area is 209 Å². The topological polar surface area (TPSA) is 38.7 Å². The number of hydrogen-bond donors (Lipinski definition) is 1. The summed E-state index contributed by atoms with van der Waals surface area (Å²) in [7, 11) is 0. The molecule has 2 aromatic carbocycles. The molecule has 0 amide bonds. The van der Waals surface area contributed by atoms with Crippen LogP contribution in [-0.4, -0.2) is 24.9 Å². The van der Waals surface area contributed by atoms with Crippen LogP contribution >= 0.6 is 0 Å². The summed E-state index contributed by atoms with van der Waals surface area (Å²) in [4.78, 5) is 0. The summed E-state index contributed by atoms with van der Waals surface area (Å²) in [5, 5.41) is 8.64. The average molecular weight is 471 g/mol. The van der Waals surface area contributed by atoms with E-state index < -0.39 is 0 Å². The van der Waals surface area contributed by atoms with Crippen molar-refractivity contribution in [3.63, 3.8) is 0 Å². The highest BCUT2D eigenvalue weighted by Gasteiger charge is 1.94. The third-order valence-corrected chi connectivity index (χ3v) is 5.81. The van der Waals surface area contributed by atoms with Crippen molar-refractivity contribution in [2.24, 2.45) is 0 Å². The van der Waals surface area contributed by atoms with E-state index in [1.54, 1.807) is 0 Å². The molecule has 0 saturated carbocycles. The lowest BCUT2D eigenvalue weighted by atomic mass is 10.1. The maximum absolute atomic E-state index is 8.64. The van der Waals surface area contributed by atoms with Gasteiger partial charge in [-0.15, -0.1) is 0 Å². The fourth-order valence-electron chi connectivity index (χ4n) is 3.71. The quantitative estimate of drug-likeness (QED) is 0.197. The molecule has 0 spiro atoms. The first-order valence-electron chi connectivity index (χ1n) is 13.7. The average Bonchev–Trinajstić information content (AvgIpc) is 2.88. The Morgan fingerprint density at radius 1 is 0.500 bits per heavy atom. The summed E-state index contributed by atoms with van der Waals surface area (Å²) in [6.45, 7) is 5.86. The number of rotatable bonds is 20. The maximum Gasteiger partial charge on any atom is 0.0716 e. The van der Waals surface area contributed by atoms with E-state index in [0.717, 1.165) is 39.3 Å². The van der Waals surface area contributed by atoms with Crippen LogP contribution in [0.15, 0.2) is 60.7 Å². The van der Waals surface area contributed by atoms with E-state index in [0.29, 0.717) is 6.61 Å². The summed E-state index contributed by atoms with van der Waals surface area (Å²) in [5.74, 6) is 0. The molecule has 192 valence electrons. The Morgan fingerprint density at radius 3 is 1.29 bits per heavy atom. The van der Waals surface area contributed by atoms with Crippen molar-refractivity contribution >= 4 is 0 Å². The van der Waals surface area contributed by atoms with E-state index in [1.807, 2.05) is 24.3 Å². The van der Waals surface area contributed by atoms with Crippen LogP contribution in [0.1, 0.15) is 102 Å². The van der Waals surface area contributed by atoms with Gasteiger partial charge in [0, 0.05) is 19.8 Å². The van der Waals surface area contributed by atoms with Crippen molar-refractivity contribution < 1.29 is 14.6 Å². The molecule has 0 aliphatic heterocycles. The van der Waals surface area contributed by atoms with E-state index in [-0.39, 0.29) is 0 Å². The Kier molecular flexibility index (Phi) is 21.8. The van der Waals surface area contributed by atoms with Crippen molar-refractivity contribution in [3.05, 3.63) is 71.8 Å². The second-order valence-corrected chi connectivity index (χ2v) is 9.04. The number of unbranched alkanes of at least 4 members (excludes halogenated alkanes) is 11. The van der Waals surface area contributed by atoms with E-state index in [2.05, 4.69) is 43.3 Å². The van der Waals surface area contributed by atoms with Crippen LogP contribution in [0.4, 0.5) is 0 Å². The molecule has 0 unspecified atom stereocenters. The van der Waals surface area contributed by atoms with Crippen LogP contribution in [0, 0.1) is 0 Å². The summed E-state index contributed by atoms with van der Waals surface area (Å²) in [5.41, 5.74) is 2.52. The predicted molar refractivity (Wildman–Crippen MR) is 145 cm³/mol. The van der Waals surface area contributed by atoms with Gasteiger partial charge in [-0.05, 0) is 30.4 Å². The standard InChI is InChI=1S/C16H26O2.C15H24O/c17-13-9-4-2-1-3-5-10-14-18-15-16-11-7-6-8-12-16;1-2-3-4-5-6-10-13-16-14-15-11-8-7-9-12-15/h6-8,11-12,17H,1-5,9-10,13-15H2;7-9,11-12H,2-6,10,13-14H2,1H3. The molecule has 0 fully saturated rings. The Balaban J connectivity index is 0.000000342. The largest absolute Gasteiger partial charge is 0.396 e. The summed E-state index contributed by atoms with van der Waals surface area (Å²) in [6.07, 6.45) is 16.4. The zero-order chi connectivity index (χ0) is 24.4. The third-order valence-electron chi connectivity index (χ3n) is 5.81. The molecule has 0 aliphatic rings. The monoisotopic (exact) mass is 470 g/mol. The van der Waals surface area contributed by atoms with Crippen molar-refractivity contribution in [3.8, 4) is 0 Å². The van der Waals surface area contributed by atoms with Crippen LogP contribution < -0.4 is 0 Å². The highest BCUT2D eigenvalue weighted by molar-refractivity contribution is 5.14. The first-order valence-corrected chi connectivity index (χ1v) is 13.7. The van der Waals surface area contributed by atoms with Gasteiger partial charge in [0.2, 0.25) is 0 Å². The fraction of sp³-hybridized carbons (Fsp3) is 0.613. The Hall–Kier alpha value is -1.68. The van der Waals surface area contributed by atoms with Gasteiger partial charge in [-0.1, -0.05) is 132 Å². The minimum absolute atomic E-state index is 0.341. The van der Waals surface area contributed by atoms with E-state index in [4.69, 9.17) is 14.6 Å². The fourth-order valence-corrected chi connectivity index (χ4v) is 3.71. The van der Waals surface area contributed by atoms with Gasteiger partial charge in [0.05, 0.1) is 13.2 Å².